The highest BCUT2D eigenvalue weighted by Gasteiger charge is 2.19. The third kappa shape index (κ3) is 45.8. The van der Waals surface area contributed by atoms with Gasteiger partial charge in [-0.25, -0.2) is 0 Å². The van der Waals surface area contributed by atoms with Crippen molar-refractivity contribution in [1.29, 1.82) is 0 Å². The number of allylic oxidation sites excluding steroid dienone is 12. The summed E-state index contributed by atoms with van der Waals surface area (Å²) in [6, 6.07) is 0. The van der Waals surface area contributed by atoms with Gasteiger partial charge < -0.3 is 14.2 Å². The molecule has 0 aliphatic carbocycles. The number of unbranched alkanes of at least 4 members (excludes halogenated alkanes) is 22. The van der Waals surface area contributed by atoms with E-state index in [1.165, 1.54) is 89.9 Å². The largest absolute Gasteiger partial charge is 0.462 e. The highest BCUT2D eigenvalue weighted by molar-refractivity contribution is 5.71. The van der Waals surface area contributed by atoms with E-state index < -0.39 is 6.10 Å². The lowest BCUT2D eigenvalue weighted by Crippen LogP contribution is -2.30. The van der Waals surface area contributed by atoms with Crippen LogP contribution in [0.2, 0.25) is 0 Å². The molecule has 0 aliphatic heterocycles. The summed E-state index contributed by atoms with van der Waals surface area (Å²) in [4.78, 5) is 37.9. The molecule has 0 aromatic heterocycles. The number of hydrogen-bond acceptors (Lipinski definition) is 6. The summed E-state index contributed by atoms with van der Waals surface area (Å²) >= 11 is 0. The SMILES string of the molecule is CC\C=C/C=C\C=C/CCCCCCCCCC(=O)OC(COC(=O)CCCCCCCC/C=C\C/C=C\C/C=C\CC)COC(=O)CCCCCCCCCCCC. The van der Waals surface area contributed by atoms with Gasteiger partial charge in [0, 0.05) is 19.3 Å². The van der Waals surface area contributed by atoms with Crippen LogP contribution in [0, 0.1) is 0 Å². The third-order valence-electron chi connectivity index (χ3n) is 10.3. The molecule has 0 fully saturated rings. The van der Waals surface area contributed by atoms with Gasteiger partial charge >= 0.3 is 17.9 Å². The van der Waals surface area contributed by atoms with Gasteiger partial charge in [-0.1, -0.05) is 209 Å². The summed E-state index contributed by atoms with van der Waals surface area (Å²) in [5, 5.41) is 0. The average Bonchev–Trinajstić information content (AvgIpc) is 3.23. The van der Waals surface area contributed by atoms with E-state index in [-0.39, 0.29) is 31.1 Å². The van der Waals surface area contributed by atoms with Crippen LogP contribution in [0.4, 0.5) is 0 Å². The van der Waals surface area contributed by atoms with Crippen LogP contribution in [-0.4, -0.2) is 37.2 Å². The summed E-state index contributed by atoms with van der Waals surface area (Å²) in [7, 11) is 0. The number of carbonyl (C=O) groups is 3. The molecule has 0 bridgehead atoms. The Balaban J connectivity index is 4.40. The molecule has 6 nitrogen and oxygen atoms in total. The van der Waals surface area contributed by atoms with Gasteiger partial charge in [0.1, 0.15) is 13.2 Å². The zero-order chi connectivity index (χ0) is 43.0. The maximum atomic E-state index is 12.8. The predicted octanol–water partition coefficient (Wildman–Crippen LogP) is 15.9. The minimum Gasteiger partial charge on any atom is -0.462 e. The molecule has 0 rings (SSSR count). The zero-order valence-electron chi connectivity index (χ0n) is 38.5. The topological polar surface area (TPSA) is 78.9 Å². The Morgan fingerprint density at radius 2 is 0.746 bits per heavy atom. The quantitative estimate of drug-likeness (QED) is 0.0200. The molecular formula is C53H90O6. The molecule has 0 spiro atoms. The Bertz CT molecular complexity index is 1130. The third-order valence-corrected chi connectivity index (χ3v) is 10.3. The second kappa shape index (κ2) is 47.5. The lowest BCUT2D eigenvalue weighted by Gasteiger charge is -2.18. The Hall–Kier alpha value is -3.15. The Labute approximate surface area is 363 Å². The van der Waals surface area contributed by atoms with E-state index in [0.29, 0.717) is 19.3 Å². The average molecular weight is 823 g/mol. The monoisotopic (exact) mass is 823 g/mol. The Morgan fingerprint density at radius 3 is 1.22 bits per heavy atom. The van der Waals surface area contributed by atoms with Crippen LogP contribution >= 0.6 is 0 Å². The normalized spacial score (nSPS) is 12.7. The molecule has 0 heterocycles. The molecule has 0 saturated carbocycles. The summed E-state index contributed by atoms with van der Waals surface area (Å²) in [5.74, 6) is -0.912. The van der Waals surface area contributed by atoms with Gasteiger partial charge in [-0.05, 0) is 70.6 Å². The first kappa shape index (κ1) is 55.9. The van der Waals surface area contributed by atoms with Gasteiger partial charge in [-0.15, -0.1) is 0 Å². The van der Waals surface area contributed by atoms with Crippen molar-refractivity contribution in [1.82, 2.24) is 0 Å². The van der Waals surface area contributed by atoms with Crippen molar-refractivity contribution in [3.63, 3.8) is 0 Å². The molecule has 1 atom stereocenters. The summed E-state index contributed by atoms with van der Waals surface area (Å²) in [6.45, 7) is 6.36. The van der Waals surface area contributed by atoms with Crippen LogP contribution < -0.4 is 0 Å². The number of esters is 3. The molecule has 0 N–H and O–H groups in total. The van der Waals surface area contributed by atoms with Crippen molar-refractivity contribution in [2.24, 2.45) is 0 Å². The first-order valence-corrected chi connectivity index (χ1v) is 24.5. The van der Waals surface area contributed by atoms with Crippen molar-refractivity contribution < 1.29 is 28.6 Å². The van der Waals surface area contributed by atoms with Gasteiger partial charge in [0.25, 0.3) is 0 Å². The minimum atomic E-state index is -0.784. The van der Waals surface area contributed by atoms with Crippen molar-refractivity contribution >= 4 is 17.9 Å². The number of hydrogen-bond donors (Lipinski definition) is 0. The van der Waals surface area contributed by atoms with Gasteiger partial charge in [-0.2, -0.15) is 0 Å². The molecule has 1 unspecified atom stereocenters. The molecule has 0 aliphatic rings. The standard InChI is InChI=1S/C53H90O6/c1-4-7-10-13-16-19-22-24-26-28-29-31-34-37-40-43-46-52(55)58-49-50(48-57-51(54)45-42-39-36-33-21-18-15-12-9-6-3)59-53(56)47-44-41-38-35-32-30-27-25-23-20-17-14-11-8-5-2/h7-8,10-11,14,16-17,19-20,23-24,26,50H,4-6,9,12-13,15,18,21-22,25,27-49H2,1-3H3/b10-7-,11-8-,17-14-,19-16-,23-20-,26-24-. The zero-order valence-corrected chi connectivity index (χ0v) is 38.5. The van der Waals surface area contributed by atoms with Crippen LogP contribution in [0.5, 0.6) is 0 Å². The van der Waals surface area contributed by atoms with Crippen LogP contribution in [0.15, 0.2) is 72.9 Å². The van der Waals surface area contributed by atoms with E-state index in [2.05, 4.69) is 93.7 Å². The predicted molar refractivity (Wildman–Crippen MR) is 251 cm³/mol. The van der Waals surface area contributed by atoms with Gasteiger partial charge in [0.2, 0.25) is 0 Å². The van der Waals surface area contributed by atoms with Gasteiger partial charge in [-0.3, -0.25) is 14.4 Å². The lowest BCUT2D eigenvalue weighted by molar-refractivity contribution is -0.167. The molecule has 59 heavy (non-hydrogen) atoms. The van der Waals surface area contributed by atoms with E-state index >= 15 is 0 Å². The second-order valence-electron chi connectivity index (χ2n) is 16.0. The van der Waals surface area contributed by atoms with E-state index in [4.69, 9.17) is 14.2 Å². The van der Waals surface area contributed by atoms with Crippen LogP contribution in [0.25, 0.3) is 0 Å². The van der Waals surface area contributed by atoms with Crippen molar-refractivity contribution in [2.45, 2.75) is 232 Å². The number of rotatable bonds is 43. The maximum absolute atomic E-state index is 12.8. The molecule has 0 aromatic rings. The maximum Gasteiger partial charge on any atom is 0.306 e. The molecule has 6 heteroatoms. The van der Waals surface area contributed by atoms with Gasteiger partial charge in [0.15, 0.2) is 6.10 Å². The second-order valence-corrected chi connectivity index (χ2v) is 16.0. The van der Waals surface area contributed by atoms with E-state index in [1.807, 2.05) is 0 Å². The fourth-order valence-corrected chi connectivity index (χ4v) is 6.63. The Kier molecular flexibility index (Phi) is 45.0. The molecule has 0 amide bonds. The number of ether oxygens (including phenoxy) is 3. The summed E-state index contributed by atoms with van der Waals surface area (Å²) in [5.41, 5.74) is 0. The van der Waals surface area contributed by atoms with Crippen LogP contribution in [0.1, 0.15) is 226 Å². The van der Waals surface area contributed by atoms with E-state index in [0.717, 1.165) is 96.3 Å². The Morgan fingerprint density at radius 1 is 0.373 bits per heavy atom. The first-order chi connectivity index (χ1) is 29.0. The molecule has 0 radical (unpaired) electrons. The fourth-order valence-electron chi connectivity index (χ4n) is 6.63. The molecule has 0 saturated heterocycles. The first-order valence-electron chi connectivity index (χ1n) is 24.5. The molecular weight excluding hydrogens is 733 g/mol. The minimum absolute atomic E-state index is 0.0838. The number of carbonyl (C=O) groups excluding carboxylic acids is 3. The van der Waals surface area contributed by atoms with Crippen LogP contribution in [0.3, 0.4) is 0 Å². The fraction of sp³-hybridized carbons (Fsp3) is 0.717. The molecule has 338 valence electrons. The highest BCUT2D eigenvalue weighted by Crippen LogP contribution is 2.14. The van der Waals surface area contributed by atoms with Crippen molar-refractivity contribution in [2.75, 3.05) is 13.2 Å². The van der Waals surface area contributed by atoms with Crippen molar-refractivity contribution in [3.8, 4) is 0 Å². The van der Waals surface area contributed by atoms with Crippen molar-refractivity contribution in [3.05, 3.63) is 72.9 Å². The lowest BCUT2D eigenvalue weighted by atomic mass is 10.1. The van der Waals surface area contributed by atoms with E-state index in [9.17, 15) is 14.4 Å². The summed E-state index contributed by atoms with van der Waals surface area (Å²) in [6.07, 6.45) is 58.8. The van der Waals surface area contributed by atoms with Crippen LogP contribution in [-0.2, 0) is 28.6 Å². The smallest absolute Gasteiger partial charge is 0.306 e. The summed E-state index contributed by atoms with van der Waals surface area (Å²) < 4.78 is 16.7. The van der Waals surface area contributed by atoms with E-state index in [1.54, 1.807) is 0 Å². The van der Waals surface area contributed by atoms with Gasteiger partial charge in [0.05, 0.1) is 0 Å². The highest BCUT2D eigenvalue weighted by atomic mass is 16.6. The molecule has 0 aromatic carbocycles.